The maximum absolute atomic E-state index is 12.2. The molecule has 2 aromatic carbocycles. The van der Waals surface area contributed by atoms with Gasteiger partial charge in [-0.1, -0.05) is 35.5 Å². The van der Waals surface area contributed by atoms with Gasteiger partial charge in [-0.15, -0.1) is 11.3 Å². The SMILES string of the molecule is CS(=O)(=O)N(CC(=O)NCCSc1nc2ccccc2s1)c1ccc(Cl)cc1. The fraction of sp³-hybridized carbons (Fsp3) is 0.222. The van der Waals surface area contributed by atoms with E-state index in [1.54, 1.807) is 47.4 Å². The predicted octanol–water partition coefficient (Wildman–Crippen LogP) is 3.62. The largest absolute Gasteiger partial charge is 0.354 e. The summed E-state index contributed by atoms with van der Waals surface area (Å²) in [5.74, 6) is 0.274. The molecule has 0 aliphatic heterocycles. The van der Waals surface area contributed by atoms with Crippen LogP contribution in [0.25, 0.3) is 10.2 Å². The molecule has 6 nitrogen and oxygen atoms in total. The van der Waals surface area contributed by atoms with Gasteiger partial charge < -0.3 is 5.32 Å². The zero-order valence-corrected chi connectivity index (χ0v) is 18.2. The second kappa shape index (κ2) is 9.13. The lowest BCUT2D eigenvalue weighted by atomic mass is 10.3. The van der Waals surface area contributed by atoms with Gasteiger partial charge in [0.25, 0.3) is 0 Å². The zero-order valence-electron chi connectivity index (χ0n) is 15.0. The number of sulfonamides is 1. The molecule has 3 rings (SSSR count). The maximum atomic E-state index is 12.2. The number of carbonyl (C=O) groups is 1. The number of carbonyl (C=O) groups excluding carboxylic acids is 1. The summed E-state index contributed by atoms with van der Waals surface area (Å²) < 4.78 is 27.2. The molecule has 0 saturated carbocycles. The topological polar surface area (TPSA) is 79.4 Å². The van der Waals surface area contributed by atoms with Crippen molar-refractivity contribution in [2.75, 3.05) is 29.4 Å². The first-order valence-corrected chi connectivity index (χ1v) is 12.3. The van der Waals surface area contributed by atoms with Crippen LogP contribution in [0.2, 0.25) is 5.02 Å². The highest BCUT2D eigenvalue weighted by atomic mass is 35.5. The minimum Gasteiger partial charge on any atom is -0.354 e. The molecule has 1 aromatic heterocycles. The van der Waals surface area contributed by atoms with E-state index in [1.807, 2.05) is 24.3 Å². The number of fused-ring (bicyclic) bond motifs is 1. The fourth-order valence-electron chi connectivity index (χ4n) is 2.44. The van der Waals surface area contributed by atoms with Crippen LogP contribution < -0.4 is 9.62 Å². The number of aromatic nitrogens is 1. The highest BCUT2D eigenvalue weighted by molar-refractivity contribution is 8.01. The van der Waals surface area contributed by atoms with Gasteiger partial charge in [0, 0.05) is 17.3 Å². The van der Waals surface area contributed by atoms with E-state index in [1.165, 1.54) is 0 Å². The number of hydrogen-bond acceptors (Lipinski definition) is 6. The van der Waals surface area contributed by atoms with Crippen LogP contribution in [0.3, 0.4) is 0 Å². The average Bonchev–Trinajstić information content (AvgIpc) is 3.06. The minimum absolute atomic E-state index is 0.285. The molecular formula is C18H18ClN3O3S3. The number of nitrogens with one attached hydrogen (secondary N) is 1. The Morgan fingerprint density at radius 1 is 1.21 bits per heavy atom. The number of anilines is 1. The molecule has 1 amide bonds. The summed E-state index contributed by atoms with van der Waals surface area (Å²) in [4.78, 5) is 16.8. The van der Waals surface area contributed by atoms with Crippen molar-refractivity contribution in [2.45, 2.75) is 4.34 Å². The first-order chi connectivity index (χ1) is 13.3. The molecule has 28 heavy (non-hydrogen) atoms. The smallest absolute Gasteiger partial charge is 0.240 e. The summed E-state index contributed by atoms with van der Waals surface area (Å²) in [5.41, 5.74) is 1.36. The number of rotatable bonds is 8. The van der Waals surface area contributed by atoms with E-state index in [4.69, 9.17) is 11.6 Å². The lowest BCUT2D eigenvalue weighted by Gasteiger charge is -2.21. The highest BCUT2D eigenvalue weighted by Crippen LogP contribution is 2.28. The maximum Gasteiger partial charge on any atom is 0.240 e. The quantitative estimate of drug-likeness (QED) is 0.414. The van der Waals surface area contributed by atoms with Gasteiger partial charge in [-0.3, -0.25) is 9.10 Å². The van der Waals surface area contributed by atoms with Gasteiger partial charge in [0.1, 0.15) is 6.54 Å². The summed E-state index contributed by atoms with van der Waals surface area (Å²) >= 11 is 9.01. The van der Waals surface area contributed by atoms with Gasteiger partial charge in [-0.05, 0) is 36.4 Å². The molecule has 0 aliphatic rings. The first-order valence-electron chi connectivity index (χ1n) is 8.31. The number of nitrogens with zero attached hydrogens (tertiary/aromatic N) is 2. The third-order valence-electron chi connectivity index (χ3n) is 3.73. The Kier molecular flexibility index (Phi) is 6.82. The molecule has 1 heterocycles. The van der Waals surface area contributed by atoms with Gasteiger partial charge >= 0.3 is 0 Å². The number of amides is 1. The van der Waals surface area contributed by atoms with Gasteiger partial charge in [0.05, 0.1) is 22.2 Å². The Morgan fingerprint density at radius 3 is 2.61 bits per heavy atom. The highest BCUT2D eigenvalue weighted by Gasteiger charge is 2.20. The summed E-state index contributed by atoms with van der Waals surface area (Å²) in [5, 5.41) is 3.25. The Morgan fingerprint density at radius 2 is 1.93 bits per heavy atom. The Bertz CT molecular complexity index is 1040. The molecule has 3 aromatic rings. The normalized spacial score (nSPS) is 11.5. The van der Waals surface area contributed by atoms with E-state index in [2.05, 4.69) is 10.3 Å². The van der Waals surface area contributed by atoms with Crippen LogP contribution in [0, 0.1) is 0 Å². The van der Waals surface area contributed by atoms with Gasteiger partial charge in [0.15, 0.2) is 4.34 Å². The minimum atomic E-state index is -3.60. The van der Waals surface area contributed by atoms with E-state index < -0.39 is 10.0 Å². The fourth-order valence-corrected chi connectivity index (χ4v) is 5.41. The molecule has 0 radical (unpaired) electrons. The van der Waals surface area contributed by atoms with Crippen molar-refractivity contribution in [3.8, 4) is 0 Å². The average molecular weight is 456 g/mol. The van der Waals surface area contributed by atoms with Crippen molar-refractivity contribution in [1.29, 1.82) is 0 Å². The number of halogens is 1. The molecule has 0 atom stereocenters. The summed E-state index contributed by atoms with van der Waals surface area (Å²) in [6.45, 7) is 0.129. The number of hydrogen-bond donors (Lipinski definition) is 1. The van der Waals surface area contributed by atoms with Crippen LogP contribution in [0.5, 0.6) is 0 Å². The molecule has 148 valence electrons. The van der Waals surface area contributed by atoms with E-state index in [9.17, 15) is 13.2 Å². The van der Waals surface area contributed by atoms with Crippen LogP contribution in [0.1, 0.15) is 0 Å². The Labute approximate surface area is 177 Å². The van der Waals surface area contributed by atoms with Crippen molar-refractivity contribution in [3.05, 3.63) is 53.6 Å². The lowest BCUT2D eigenvalue weighted by molar-refractivity contribution is -0.119. The second-order valence-electron chi connectivity index (χ2n) is 5.89. The second-order valence-corrected chi connectivity index (χ2v) is 10.6. The number of para-hydroxylation sites is 1. The third kappa shape index (κ3) is 5.60. The molecule has 0 spiro atoms. The van der Waals surface area contributed by atoms with Crippen molar-refractivity contribution < 1.29 is 13.2 Å². The molecular weight excluding hydrogens is 438 g/mol. The number of benzene rings is 2. The van der Waals surface area contributed by atoms with Crippen molar-refractivity contribution >= 4 is 66.5 Å². The van der Waals surface area contributed by atoms with Gasteiger partial charge in [-0.25, -0.2) is 13.4 Å². The molecule has 0 aliphatic carbocycles. The first kappa shape index (κ1) is 20.9. The van der Waals surface area contributed by atoms with Crippen molar-refractivity contribution in [3.63, 3.8) is 0 Å². The summed E-state index contributed by atoms with van der Waals surface area (Å²) in [6.07, 6.45) is 1.07. The standard InChI is InChI=1S/C18H18ClN3O3S3/c1-28(24,25)22(14-8-6-13(19)7-9-14)12-17(23)20-10-11-26-18-21-15-4-2-3-5-16(15)27-18/h2-9H,10-12H2,1H3,(H,20,23). The lowest BCUT2D eigenvalue weighted by Crippen LogP contribution is -2.41. The monoisotopic (exact) mass is 455 g/mol. The van der Waals surface area contributed by atoms with E-state index >= 15 is 0 Å². The number of thioether (sulfide) groups is 1. The van der Waals surface area contributed by atoms with Crippen LogP contribution in [0.4, 0.5) is 5.69 Å². The summed E-state index contributed by atoms with van der Waals surface area (Å²) in [6, 6.07) is 14.2. The van der Waals surface area contributed by atoms with Crippen LogP contribution >= 0.6 is 34.7 Å². The van der Waals surface area contributed by atoms with Crippen molar-refractivity contribution in [2.24, 2.45) is 0 Å². The number of thiazole rings is 1. The van der Waals surface area contributed by atoms with E-state index in [-0.39, 0.29) is 12.5 Å². The van der Waals surface area contributed by atoms with Crippen molar-refractivity contribution in [1.82, 2.24) is 10.3 Å². The van der Waals surface area contributed by atoms with Gasteiger partial charge in [-0.2, -0.15) is 0 Å². The molecule has 10 heteroatoms. The molecule has 0 fully saturated rings. The molecule has 0 unspecified atom stereocenters. The Hall–Kier alpha value is -1.81. The Balaban J connectivity index is 1.52. The predicted molar refractivity (Wildman–Crippen MR) is 117 cm³/mol. The van der Waals surface area contributed by atoms with Crippen LogP contribution in [0.15, 0.2) is 52.9 Å². The van der Waals surface area contributed by atoms with E-state index in [0.717, 1.165) is 25.1 Å². The van der Waals surface area contributed by atoms with Crippen LogP contribution in [-0.2, 0) is 14.8 Å². The van der Waals surface area contributed by atoms with Crippen LogP contribution in [-0.4, -0.2) is 44.4 Å². The molecule has 0 bridgehead atoms. The van der Waals surface area contributed by atoms with Gasteiger partial charge in [0.2, 0.25) is 15.9 Å². The van der Waals surface area contributed by atoms with E-state index in [0.29, 0.717) is 23.0 Å². The summed E-state index contributed by atoms with van der Waals surface area (Å²) in [7, 11) is -3.60. The molecule has 1 N–H and O–H groups in total. The zero-order chi connectivity index (χ0) is 20.1. The molecule has 0 saturated heterocycles. The third-order valence-corrected chi connectivity index (χ3v) is 7.30.